The van der Waals surface area contributed by atoms with Crippen LogP contribution in [0.1, 0.15) is 20.8 Å². The van der Waals surface area contributed by atoms with E-state index >= 15 is 0 Å². The summed E-state index contributed by atoms with van der Waals surface area (Å²) in [7, 11) is 1.61. The molecular weight excluding hydrogens is 314 g/mol. The second-order valence-corrected chi connectivity index (χ2v) is 6.12. The molecule has 1 aromatic carbocycles. The number of esters is 1. The van der Waals surface area contributed by atoms with Crippen LogP contribution in [0, 0.1) is 0 Å². The first kappa shape index (κ1) is 16.9. The van der Waals surface area contributed by atoms with E-state index in [9.17, 15) is 4.79 Å². The molecule has 3 rings (SSSR count). The van der Waals surface area contributed by atoms with E-state index in [1.807, 2.05) is 24.3 Å². The summed E-state index contributed by atoms with van der Waals surface area (Å²) in [6.45, 7) is 4.94. The number of fused-ring (bicyclic) bond motifs is 1. The number of benzene rings is 1. The second kappa shape index (κ2) is 6.51. The maximum atomic E-state index is 11.4. The van der Waals surface area contributed by atoms with E-state index in [4.69, 9.17) is 23.7 Å². The molecule has 2 saturated heterocycles. The highest BCUT2D eigenvalue weighted by Gasteiger charge is 2.56. The number of carbonyl (C=O) groups excluding carboxylic acids is 1. The molecule has 0 bridgehead atoms. The van der Waals surface area contributed by atoms with Gasteiger partial charge in [-0.05, 0) is 38.1 Å². The van der Waals surface area contributed by atoms with Gasteiger partial charge in [0, 0.05) is 13.1 Å². The van der Waals surface area contributed by atoms with Crippen LogP contribution in [0.15, 0.2) is 29.3 Å². The van der Waals surface area contributed by atoms with Gasteiger partial charge in [0.15, 0.2) is 24.3 Å². The van der Waals surface area contributed by atoms with Crippen molar-refractivity contribution in [3.63, 3.8) is 0 Å². The predicted molar refractivity (Wildman–Crippen MR) is 85.4 cm³/mol. The number of aliphatic imine (C=N–C) groups is 1. The smallest absolute Gasteiger partial charge is 0.303 e. The first-order valence-electron chi connectivity index (χ1n) is 7.74. The number of rotatable bonds is 4. The molecule has 24 heavy (non-hydrogen) atoms. The number of methoxy groups -OCH3 is 1. The molecule has 0 unspecified atom stereocenters. The molecule has 0 N–H and O–H groups in total. The van der Waals surface area contributed by atoms with E-state index in [1.165, 1.54) is 6.92 Å². The number of hydrogen-bond donors (Lipinski definition) is 0. The molecular formula is C17H21NO6. The van der Waals surface area contributed by atoms with Gasteiger partial charge in [0.05, 0.1) is 12.8 Å². The van der Waals surface area contributed by atoms with E-state index in [1.54, 1.807) is 27.2 Å². The molecule has 0 radical (unpaired) electrons. The summed E-state index contributed by atoms with van der Waals surface area (Å²) in [6.07, 6.45) is -0.598. The maximum absolute atomic E-state index is 11.4. The van der Waals surface area contributed by atoms with Crippen molar-refractivity contribution >= 4 is 17.9 Å². The summed E-state index contributed by atoms with van der Waals surface area (Å²) in [6, 6.07) is 7.27. The van der Waals surface area contributed by atoms with Crippen molar-refractivity contribution in [1.29, 1.82) is 0 Å². The Hall–Kier alpha value is -1.96. The third kappa shape index (κ3) is 3.58. The Labute approximate surface area is 140 Å². The third-order valence-corrected chi connectivity index (χ3v) is 3.77. The van der Waals surface area contributed by atoms with Gasteiger partial charge in [0.2, 0.25) is 0 Å². The van der Waals surface area contributed by atoms with Crippen LogP contribution in [0.2, 0.25) is 0 Å². The van der Waals surface area contributed by atoms with Gasteiger partial charge in [-0.1, -0.05) is 0 Å². The lowest BCUT2D eigenvalue weighted by Crippen LogP contribution is -2.38. The maximum Gasteiger partial charge on any atom is 0.303 e. The van der Waals surface area contributed by atoms with Gasteiger partial charge < -0.3 is 23.7 Å². The molecule has 0 saturated carbocycles. The Morgan fingerprint density at radius 2 is 1.96 bits per heavy atom. The molecule has 1 aromatic rings. The van der Waals surface area contributed by atoms with Gasteiger partial charge in [-0.2, -0.15) is 0 Å². The Bertz CT molecular complexity index is 626. The lowest BCUT2D eigenvalue weighted by atomic mass is 10.1. The van der Waals surface area contributed by atoms with Crippen molar-refractivity contribution in [2.45, 2.75) is 51.2 Å². The number of carbonyl (C=O) groups is 1. The van der Waals surface area contributed by atoms with Crippen molar-refractivity contribution in [3.05, 3.63) is 24.3 Å². The summed E-state index contributed by atoms with van der Waals surface area (Å²) in [4.78, 5) is 15.8. The van der Waals surface area contributed by atoms with E-state index in [0.29, 0.717) is 0 Å². The predicted octanol–water partition coefficient (Wildman–Crippen LogP) is 2.21. The van der Waals surface area contributed by atoms with Crippen LogP contribution in [0.3, 0.4) is 0 Å². The molecule has 2 aliphatic rings. The summed E-state index contributed by atoms with van der Waals surface area (Å²) in [5.74, 6) is -0.422. The molecule has 0 aromatic heterocycles. The van der Waals surface area contributed by atoms with Gasteiger partial charge in [-0.3, -0.25) is 9.79 Å². The fraction of sp³-hybridized carbons (Fsp3) is 0.529. The standard InChI is InChI=1S/C17H21NO6/c1-10(19)21-14-13(22-16-15(14)23-17(2,3)24-16)9-18-11-5-7-12(20-4)8-6-11/h5-9,13-16H,1-4H3/t13-,14+,15-,16-/m1/s1. The first-order chi connectivity index (χ1) is 11.4. The molecule has 2 aliphatic heterocycles. The monoisotopic (exact) mass is 335 g/mol. The average molecular weight is 335 g/mol. The highest BCUT2D eigenvalue weighted by Crippen LogP contribution is 2.38. The number of nitrogens with zero attached hydrogens (tertiary/aromatic N) is 1. The average Bonchev–Trinajstić information content (AvgIpc) is 2.98. The molecule has 2 heterocycles. The fourth-order valence-electron chi connectivity index (χ4n) is 2.78. The van der Waals surface area contributed by atoms with Crippen molar-refractivity contribution in [2.24, 2.45) is 4.99 Å². The zero-order valence-corrected chi connectivity index (χ0v) is 14.1. The quantitative estimate of drug-likeness (QED) is 0.620. The minimum atomic E-state index is -0.772. The van der Waals surface area contributed by atoms with Gasteiger partial charge in [-0.15, -0.1) is 0 Å². The summed E-state index contributed by atoms with van der Waals surface area (Å²) in [5.41, 5.74) is 0.736. The van der Waals surface area contributed by atoms with Crippen LogP contribution in [0.4, 0.5) is 5.69 Å². The summed E-state index contributed by atoms with van der Waals surface area (Å²) >= 11 is 0. The zero-order valence-electron chi connectivity index (χ0n) is 14.1. The second-order valence-electron chi connectivity index (χ2n) is 6.12. The number of hydrogen-bond acceptors (Lipinski definition) is 7. The molecule has 0 spiro atoms. The molecule has 0 amide bonds. The van der Waals surface area contributed by atoms with Crippen molar-refractivity contribution in [2.75, 3.05) is 7.11 Å². The van der Waals surface area contributed by atoms with Crippen LogP contribution in [-0.2, 0) is 23.7 Å². The third-order valence-electron chi connectivity index (χ3n) is 3.77. The molecule has 4 atom stereocenters. The highest BCUT2D eigenvalue weighted by molar-refractivity contribution is 5.71. The Balaban J connectivity index is 1.74. The first-order valence-corrected chi connectivity index (χ1v) is 7.74. The molecule has 130 valence electrons. The fourth-order valence-corrected chi connectivity index (χ4v) is 2.78. The van der Waals surface area contributed by atoms with Gasteiger partial charge >= 0.3 is 5.97 Å². The van der Waals surface area contributed by atoms with E-state index in [2.05, 4.69) is 4.99 Å². The summed E-state index contributed by atoms with van der Waals surface area (Å²) < 4.78 is 27.8. The minimum absolute atomic E-state index is 0.402. The summed E-state index contributed by atoms with van der Waals surface area (Å²) in [5, 5.41) is 0. The van der Waals surface area contributed by atoms with Crippen molar-refractivity contribution < 1.29 is 28.5 Å². The zero-order chi connectivity index (χ0) is 17.3. The molecule has 7 nitrogen and oxygen atoms in total. The van der Waals surface area contributed by atoms with Crippen LogP contribution >= 0.6 is 0 Å². The lowest BCUT2D eigenvalue weighted by molar-refractivity contribution is -0.210. The Morgan fingerprint density at radius 3 is 2.58 bits per heavy atom. The van der Waals surface area contributed by atoms with Crippen LogP contribution in [0.25, 0.3) is 0 Å². The van der Waals surface area contributed by atoms with Crippen molar-refractivity contribution in [3.8, 4) is 5.75 Å². The van der Waals surface area contributed by atoms with Crippen LogP contribution in [-0.4, -0.2) is 49.7 Å². The van der Waals surface area contributed by atoms with E-state index in [-0.39, 0.29) is 0 Å². The van der Waals surface area contributed by atoms with Gasteiger partial charge in [0.25, 0.3) is 0 Å². The Morgan fingerprint density at radius 1 is 1.25 bits per heavy atom. The molecule has 7 heteroatoms. The topological polar surface area (TPSA) is 75.6 Å². The molecule has 2 fully saturated rings. The number of ether oxygens (including phenoxy) is 5. The van der Waals surface area contributed by atoms with Crippen LogP contribution < -0.4 is 4.74 Å². The van der Waals surface area contributed by atoms with E-state index in [0.717, 1.165) is 11.4 Å². The van der Waals surface area contributed by atoms with Crippen molar-refractivity contribution in [1.82, 2.24) is 0 Å². The Kier molecular flexibility index (Phi) is 4.58. The minimum Gasteiger partial charge on any atom is -0.497 e. The van der Waals surface area contributed by atoms with Crippen LogP contribution in [0.5, 0.6) is 5.75 Å². The lowest BCUT2D eigenvalue weighted by Gasteiger charge is -2.23. The van der Waals surface area contributed by atoms with Gasteiger partial charge in [-0.25, -0.2) is 0 Å². The normalized spacial score (nSPS) is 31.2. The SMILES string of the molecule is COc1ccc(N=C[C@H]2O[C@@H]3OC(C)(C)O[C@@H]3[C@H]2OC(C)=O)cc1. The van der Waals surface area contributed by atoms with Gasteiger partial charge in [0.1, 0.15) is 11.9 Å². The van der Waals surface area contributed by atoms with E-state index < -0.39 is 36.4 Å². The largest absolute Gasteiger partial charge is 0.497 e. The highest BCUT2D eigenvalue weighted by atomic mass is 16.8. The molecule has 0 aliphatic carbocycles.